The Bertz CT molecular complexity index is 2100. The highest BCUT2D eigenvalue weighted by Crippen LogP contribution is 2.33. The van der Waals surface area contributed by atoms with E-state index < -0.39 is 56.8 Å². The van der Waals surface area contributed by atoms with E-state index in [0.717, 1.165) is 38.4 Å². The number of hydrazine groups is 1. The van der Waals surface area contributed by atoms with E-state index in [2.05, 4.69) is 10.4 Å². The van der Waals surface area contributed by atoms with Crippen LogP contribution in [0, 0.1) is 18.0 Å². The third-order valence-corrected chi connectivity index (χ3v) is 9.51. The molecule has 1 aromatic heterocycles. The van der Waals surface area contributed by atoms with Gasteiger partial charge in [0.15, 0.2) is 11.7 Å². The molecule has 1 aliphatic heterocycles. The van der Waals surface area contributed by atoms with Crippen LogP contribution in [-0.4, -0.2) is 70.1 Å². The molecule has 0 bridgehead atoms. The van der Waals surface area contributed by atoms with Crippen molar-refractivity contribution in [2.75, 3.05) is 7.05 Å². The van der Waals surface area contributed by atoms with Crippen LogP contribution in [0.4, 0.5) is 13.2 Å². The molecule has 2 heterocycles. The number of rotatable bonds is 12. The van der Waals surface area contributed by atoms with Crippen molar-refractivity contribution in [3.8, 4) is 16.9 Å². The van der Waals surface area contributed by atoms with E-state index in [4.69, 9.17) is 4.84 Å². The van der Waals surface area contributed by atoms with Gasteiger partial charge in [0.1, 0.15) is 0 Å². The first-order valence-corrected chi connectivity index (χ1v) is 17.3. The number of halogens is 3. The molecule has 0 aliphatic carbocycles. The Balaban J connectivity index is 1.32. The zero-order valence-corrected chi connectivity index (χ0v) is 29.3. The van der Waals surface area contributed by atoms with E-state index in [9.17, 15) is 41.2 Å². The molecular weight excluding hydrogens is 707 g/mol. The molecule has 5 rings (SSSR count). The summed E-state index contributed by atoms with van der Waals surface area (Å²) in [7, 11) is -3.39. The number of carbonyl (C=O) groups excluding carboxylic acids is 3. The van der Waals surface area contributed by atoms with Gasteiger partial charge in [-0.05, 0) is 68.7 Å². The summed E-state index contributed by atoms with van der Waals surface area (Å²) in [4.78, 5) is 44.3. The summed E-state index contributed by atoms with van der Waals surface area (Å²) in [5.41, 5.74) is 0.748. The predicted molar refractivity (Wildman–Crippen MR) is 179 cm³/mol. The van der Waals surface area contributed by atoms with Gasteiger partial charge < -0.3 is 10.0 Å². The second-order valence-corrected chi connectivity index (χ2v) is 14.1. The minimum atomic E-state index is -4.74. The van der Waals surface area contributed by atoms with Crippen molar-refractivity contribution in [1.82, 2.24) is 24.4 Å². The lowest BCUT2D eigenvalue weighted by Gasteiger charge is -2.25. The number of hydrogen-bond donors (Lipinski definition) is 1. The number of amides is 3. The number of nitrogens with zero attached hydrogens (tertiary/aromatic N) is 6. The average Bonchev–Trinajstić information content (AvgIpc) is 3.65. The molecule has 3 aromatic carbocycles. The van der Waals surface area contributed by atoms with E-state index >= 15 is 0 Å². The molecule has 18 heteroatoms. The van der Waals surface area contributed by atoms with Gasteiger partial charge in [-0.25, -0.2) is 22.7 Å². The lowest BCUT2D eigenvalue weighted by Crippen LogP contribution is -2.50. The SMILES string of the molecule is Cc1ccc(-c2cc(C(F)(F)F)nn2-c2ccc(S(=O)(=O)NC(=O)[C@H](CC(C)C)N(C)/[N+]([O-])=N\OC(C)N3C(=O)c4ccccc4C3=O)cc2)cc1. The largest absolute Gasteiger partial charge is 0.569 e. The van der Waals surface area contributed by atoms with E-state index in [-0.39, 0.29) is 39.8 Å². The van der Waals surface area contributed by atoms with Gasteiger partial charge in [-0.3, -0.25) is 14.4 Å². The number of aromatic nitrogens is 2. The van der Waals surface area contributed by atoms with Crippen LogP contribution in [0.1, 0.15) is 59.2 Å². The Kier molecular flexibility index (Phi) is 10.4. The quantitative estimate of drug-likeness (QED) is 0.0857. The molecule has 52 heavy (non-hydrogen) atoms. The summed E-state index contributed by atoms with van der Waals surface area (Å²) in [6.45, 7) is 6.62. The van der Waals surface area contributed by atoms with Crippen LogP contribution < -0.4 is 4.72 Å². The lowest BCUT2D eigenvalue weighted by atomic mass is 10.0. The number of carbonyl (C=O) groups is 3. The molecule has 4 aromatic rings. The highest BCUT2D eigenvalue weighted by atomic mass is 32.2. The maximum atomic E-state index is 13.6. The van der Waals surface area contributed by atoms with Crippen molar-refractivity contribution < 1.29 is 45.8 Å². The lowest BCUT2D eigenvalue weighted by molar-refractivity contribution is -0.711. The maximum absolute atomic E-state index is 13.6. The molecule has 274 valence electrons. The molecule has 1 unspecified atom stereocenters. The summed E-state index contributed by atoms with van der Waals surface area (Å²) in [6.07, 6.45) is -6.07. The molecule has 0 spiro atoms. The van der Waals surface area contributed by atoms with E-state index in [1.54, 1.807) is 50.2 Å². The van der Waals surface area contributed by atoms with Crippen molar-refractivity contribution in [2.45, 2.75) is 57.5 Å². The fraction of sp³-hybridized carbons (Fsp3) is 0.294. The first-order chi connectivity index (χ1) is 24.4. The Morgan fingerprint density at radius 2 is 1.58 bits per heavy atom. The summed E-state index contributed by atoms with van der Waals surface area (Å²) < 4.78 is 70.5. The molecule has 0 radical (unpaired) electrons. The van der Waals surface area contributed by atoms with Crippen LogP contribution in [-0.2, 0) is 25.8 Å². The Labute approximate surface area is 296 Å². The second kappa shape index (κ2) is 14.5. The molecule has 1 N–H and O–H groups in total. The minimum absolute atomic E-state index is 0.0123. The number of nitrogens with one attached hydrogen (secondary N) is 1. The number of likely N-dealkylation sites (N-methyl/N-ethyl adjacent to an activating group) is 1. The number of alkyl halides is 3. The van der Waals surface area contributed by atoms with Gasteiger partial charge in [-0.15, -0.1) is 5.01 Å². The Morgan fingerprint density at radius 3 is 2.12 bits per heavy atom. The fourth-order valence-electron chi connectivity index (χ4n) is 5.42. The number of hydrogen-bond acceptors (Lipinski definition) is 9. The molecule has 0 fully saturated rings. The van der Waals surface area contributed by atoms with Crippen molar-refractivity contribution >= 4 is 27.7 Å². The van der Waals surface area contributed by atoms with Gasteiger partial charge in [0.25, 0.3) is 27.7 Å². The minimum Gasteiger partial charge on any atom is -0.569 e. The van der Waals surface area contributed by atoms with Gasteiger partial charge >= 0.3 is 6.18 Å². The van der Waals surface area contributed by atoms with E-state index in [1.165, 1.54) is 38.2 Å². The topological polar surface area (TPSA) is 169 Å². The summed E-state index contributed by atoms with van der Waals surface area (Å²) in [6, 6.07) is 17.0. The predicted octanol–water partition coefficient (Wildman–Crippen LogP) is 5.47. The van der Waals surface area contributed by atoms with Crippen molar-refractivity contribution in [3.05, 3.63) is 106 Å². The molecular formula is C34H34F3N7O7S. The van der Waals surface area contributed by atoms with Crippen LogP contribution >= 0.6 is 0 Å². The van der Waals surface area contributed by atoms with Crippen molar-refractivity contribution in [2.24, 2.45) is 11.2 Å². The van der Waals surface area contributed by atoms with Gasteiger partial charge in [-0.2, -0.15) is 18.3 Å². The second-order valence-electron chi connectivity index (χ2n) is 12.4. The fourth-order valence-corrected chi connectivity index (χ4v) is 6.43. The van der Waals surface area contributed by atoms with E-state index in [0.29, 0.717) is 5.56 Å². The Morgan fingerprint density at radius 1 is 1.00 bits per heavy atom. The third kappa shape index (κ3) is 7.75. The molecule has 0 saturated heterocycles. The smallest absolute Gasteiger partial charge is 0.435 e. The van der Waals surface area contributed by atoms with Gasteiger partial charge in [-0.1, -0.05) is 55.8 Å². The zero-order valence-electron chi connectivity index (χ0n) is 28.5. The molecule has 0 saturated carbocycles. The summed E-state index contributed by atoms with van der Waals surface area (Å²) >= 11 is 0. The van der Waals surface area contributed by atoms with Crippen LogP contribution in [0.3, 0.4) is 0 Å². The molecule has 2 atom stereocenters. The number of aryl methyl sites for hydroxylation is 1. The monoisotopic (exact) mass is 741 g/mol. The standard InChI is InChI=1S/C34H34F3N7O7S/c1-20(2)18-29(41(5)44(48)40-51-22(4)42-32(46)26-8-6-7-9-27(26)33(42)47)31(45)39-52(49,50)25-16-14-24(15-17-25)43-28(19-30(38-43)34(35,36)37)23-12-10-21(3)11-13-23/h6-17,19-20,22,29H,18H2,1-5H3,(H,39,45)/b44-40+/t22?,29-/m0/s1. The van der Waals surface area contributed by atoms with Crippen LogP contribution in [0.5, 0.6) is 0 Å². The van der Waals surface area contributed by atoms with E-state index in [1.807, 2.05) is 11.6 Å². The highest BCUT2D eigenvalue weighted by molar-refractivity contribution is 7.90. The number of fused-ring (bicyclic) bond motifs is 1. The molecule has 3 amide bonds. The zero-order chi connectivity index (χ0) is 38.1. The summed E-state index contributed by atoms with van der Waals surface area (Å²) in [5.74, 6) is -2.60. The third-order valence-electron chi connectivity index (χ3n) is 8.15. The molecule has 14 nitrogen and oxygen atoms in total. The van der Waals surface area contributed by atoms with Crippen molar-refractivity contribution in [1.29, 1.82) is 0 Å². The van der Waals surface area contributed by atoms with Crippen LogP contribution in [0.25, 0.3) is 16.9 Å². The first kappa shape index (κ1) is 37.5. The van der Waals surface area contributed by atoms with Gasteiger partial charge in [0.05, 0.1) is 39.4 Å². The molecule has 1 aliphatic rings. The normalized spacial score (nSPS) is 14.7. The maximum Gasteiger partial charge on any atom is 0.435 e. The number of benzene rings is 3. The van der Waals surface area contributed by atoms with Gasteiger partial charge in [0.2, 0.25) is 11.5 Å². The van der Waals surface area contributed by atoms with Crippen LogP contribution in [0.15, 0.2) is 89.0 Å². The summed E-state index contributed by atoms with van der Waals surface area (Å²) in [5, 5.41) is 20.9. The number of sulfonamides is 1. The average molecular weight is 742 g/mol. The number of imide groups is 1. The van der Waals surface area contributed by atoms with Gasteiger partial charge in [0, 0.05) is 5.56 Å². The first-order valence-electron chi connectivity index (χ1n) is 15.8. The van der Waals surface area contributed by atoms with Crippen molar-refractivity contribution in [3.63, 3.8) is 0 Å². The highest BCUT2D eigenvalue weighted by Gasteiger charge is 2.40. The van der Waals surface area contributed by atoms with Crippen LogP contribution in [0.2, 0.25) is 0 Å². The Hall–Kier alpha value is -5.78.